The zero-order valence-electron chi connectivity index (χ0n) is 7.99. The van der Waals surface area contributed by atoms with Crippen LogP contribution < -0.4 is 5.73 Å². The van der Waals surface area contributed by atoms with Gasteiger partial charge in [0, 0.05) is 12.0 Å². The maximum atomic E-state index is 9.30. The van der Waals surface area contributed by atoms with E-state index in [2.05, 4.69) is 23.8 Å². The highest BCUT2D eigenvalue weighted by molar-refractivity contribution is 7.07. The highest BCUT2D eigenvalue weighted by Gasteiger charge is 2.25. The van der Waals surface area contributed by atoms with E-state index in [-0.39, 0.29) is 12.0 Å². The molecule has 1 aromatic heterocycles. The van der Waals surface area contributed by atoms with Crippen LogP contribution in [0.25, 0.3) is 0 Å². The van der Waals surface area contributed by atoms with Gasteiger partial charge in [-0.25, -0.2) is 0 Å². The first-order chi connectivity index (χ1) is 6.26. The molecule has 13 heavy (non-hydrogen) atoms. The van der Waals surface area contributed by atoms with Crippen LogP contribution in [0.15, 0.2) is 16.8 Å². The van der Waals surface area contributed by atoms with Crippen molar-refractivity contribution in [3.05, 3.63) is 22.4 Å². The van der Waals surface area contributed by atoms with Crippen molar-refractivity contribution in [3.63, 3.8) is 0 Å². The minimum Gasteiger partial charge on any atom is -0.396 e. The number of thiophene rings is 1. The maximum absolute atomic E-state index is 9.30. The van der Waals surface area contributed by atoms with Crippen molar-refractivity contribution in [2.45, 2.75) is 19.8 Å². The van der Waals surface area contributed by atoms with Crippen LogP contribution in [0.1, 0.15) is 18.9 Å². The van der Waals surface area contributed by atoms with Gasteiger partial charge in [-0.2, -0.15) is 11.3 Å². The summed E-state index contributed by atoms with van der Waals surface area (Å²) in [6, 6.07) is 2.10. The van der Waals surface area contributed by atoms with Gasteiger partial charge in [0.15, 0.2) is 0 Å². The van der Waals surface area contributed by atoms with Crippen LogP contribution in [0.3, 0.4) is 0 Å². The summed E-state index contributed by atoms with van der Waals surface area (Å²) in [6.45, 7) is 2.81. The van der Waals surface area contributed by atoms with Gasteiger partial charge in [0.1, 0.15) is 0 Å². The lowest BCUT2D eigenvalue weighted by molar-refractivity contribution is 0.127. The predicted molar refractivity (Wildman–Crippen MR) is 56.9 cm³/mol. The summed E-state index contributed by atoms with van der Waals surface area (Å²) in [5, 5.41) is 13.5. The number of aliphatic hydroxyl groups excluding tert-OH is 1. The van der Waals surface area contributed by atoms with Gasteiger partial charge < -0.3 is 10.8 Å². The van der Waals surface area contributed by atoms with Crippen LogP contribution >= 0.6 is 11.3 Å². The monoisotopic (exact) mass is 199 g/mol. The largest absolute Gasteiger partial charge is 0.396 e. The minimum atomic E-state index is -0.110. The van der Waals surface area contributed by atoms with E-state index in [9.17, 15) is 5.11 Å². The van der Waals surface area contributed by atoms with Gasteiger partial charge in [-0.15, -0.1) is 0 Å². The summed E-state index contributed by atoms with van der Waals surface area (Å²) < 4.78 is 0. The van der Waals surface area contributed by atoms with Gasteiger partial charge in [0.05, 0.1) is 6.61 Å². The molecule has 0 saturated carbocycles. The van der Waals surface area contributed by atoms with Crippen molar-refractivity contribution < 1.29 is 5.11 Å². The summed E-state index contributed by atoms with van der Waals surface area (Å²) in [7, 11) is 0. The van der Waals surface area contributed by atoms with E-state index in [4.69, 9.17) is 5.73 Å². The Morgan fingerprint density at radius 1 is 1.62 bits per heavy atom. The Morgan fingerprint density at radius 2 is 2.38 bits per heavy atom. The molecule has 0 saturated heterocycles. The number of aliphatic hydroxyl groups is 1. The van der Waals surface area contributed by atoms with Gasteiger partial charge in [-0.1, -0.05) is 6.92 Å². The van der Waals surface area contributed by atoms with E-state index in [1.807, 2.05) is 0 Å². The van der Waals surface area contributed by atoms with Gasteiger partial charge in [-0.05, 0) is 35.2 Å². The van der Waals surface area contributed by atoms with Gasteiger partial charge in [0.25, 0.3) is 0 Å². The van der Waals surface area contributed by atoms with Crippen LogP contribution in [0.5, 0.6) is 0 Å². The van der Waals surface area contributed by atoms with Crippen molar-refractivity contribution in [2.24, 2.45) is 11.1 Å². The van der Waals surface area contributed by atoms with E-state index >= 15 is 0 Å². The Hall–Kier alpha value is -0.380. The number of hydrogen-bond acceptors (Lipinski definition) is 3. The normalized spacial score (nSPS) is 15.6. The zero-order chi connectivity index (χ0) is 9.73. The number of rotatable bonds is 5. The van der Waals surface area contributed by atoms with Crippen molar-refractivity contribution in [3.8, 4) is 0 Å². The average molecular weight is 199 g/mol. The van der Waals surface area contributed by atoms with Crippen LogP contribution in [-0.2, 0) is 6.42 Å². The third kappa shape index (κ3) is 2.53. The van der Waals surface area contributed by atoms with Crippen LogP contribution in [0.4, 0.5) is 0 Å². The summed E-state index contributed by atoms with van der Waals surface area (Å²) >= 11 is 1.69. The van der Waals surface area contributed by atoms with Gasteiger partial charge >= 0.3 is 0 Å². The third-order valence-electron chi connectivity index (χ3n) is 2.68. The molecule has 0 aliphatic carbocycles. The molecule has 1 atom stereocenters. The summed E-state index contributed by atoms with van der Waals surface area (Å²) in [4.78, 5) is 0. The number of hydrogen-bond donors (Lipinski definition) is 2. The molecule has 0 aliphatic heterocycles. The SMILES string of the molecule is CCC(CN)(CO)Cc1ccsc1. The molecule has 1 rings (SSSR count). The number of nitrogens with two attached hydrogens (primary N) is 1. The Balaban J connectivity index is 2.67. The lowest BCUT2D eigenvalue weighted by Crippen LogP contribution is -2.35. The van der Waals surface area contributed by atoms with Gasteiger partial charge in [0.2, 0.25) is 0 Å². The molecule has 1 unspecified atom stereocenters. The fraction of sp³-hybridized carbons (Fsp3) is 0.600. The molecule has 0 amide bonds. The van der Waals surface area contributed by atoms with Crippen LogP contribution in [0, 0.1) is 5.41 Å². The molecule has 0 bridgehead atoms. The molecule has 0 aliphatic rings. The highest BCUT2D eigenvalue weighted by Crippen LogP contribution is 2.26. The quantitative estimate of drug-likeness (QED) is 0.757. The second-order valence-corrected chi connectivity index (χ2v) is 4.30. The molecular weight excluding hydrogens is 182 g/mol. The van der Waals surface area contributed by atoms with E-state index in [1.54, 1.807) is 11.3 Å². The smallest absolute Gasteiger partial charge is 0.0502 e. The molecule has 1 heterocycles. The molecule has 2 nitrogen and oxygen atoms in total. The molecule has 0 spiro atoms. The van der Waals surface area contributed by atoms with Crippen molar-refractivity contribution in [2.75, 3.05) is 13.2 Å². The molecule has 3 heteroatoms. The first-order valence-electron chi connectivity index (χ1n) is 4.58. The average Bonchev–Trinajstić information content (AvgIpc) is 2.67. The Kier molecular flexibility index (Phi) is 3.90. The summed E-state index contributed by atoms with van der Waals surface area (Å²) in [5.41, 5.74) is 6.86. The Bertz CT molecular complexity index is 221. The Morgan fingerprint density at radius 3 is 2.77 bits per heavy atom. The molecule has 0 fully saturated rings. The van der Waals surface area contributed by atoms with Crippen molar-refractivity contribution in [1.29, 1.82) is 0 Å². The molecule has 0 radical (unpaired) electrons. The first-order valence-corrected chi connectivity index (χ1v) is 5.52. The lowest BCUT2D eigenvalue weighted by Gasteiger charge is -2.28. The lowest BCUT2D eigenvalue weighted by atomic mass is 9.81. The van der Waals surface area contributed by atoms with Crippen molar-refractivity contribution >= 4 is 11.3 Å². The maximum Gasteiger partial charge on any atom is 0.0502 e. The zero-order valence-corrected chi connectivity index (χ0v) is 8.81. The topological polar surface area (TPSA) is 46.2 Å². The van der Waals surface area contributed by atoms with Crippen molar-refractivity contribution in [1.82, 2.24) is 0 Å². The van der Waals surface area contributed by atoms with Gasteiger partial charge in [-0.3, -0.25) is 0 Å². The third-order valence-corrected chi connectivity index (χ3v) is 3.41. The standard InChI is InChI=1S/C10H17NOS/c1-2-10(7-11,8-12)5-9-3-4-13-6-9/h3-4,6,12H,2,5,7-8,11H2,1H3. The van der Waals surface area contributed by atoms with E-state index < -0.39 is 0 Å². The second-order valence-electron chi connectivity index (χ2n) is 3.52. The molecule has 1 aromatic rings. The fourth-order valence-electron chi connectivity index (χ4n) is 1.40. The minimum absolute atomic E-state index is 0.110. The molecule has 0 aromatic carbocycles. The van der Waals surface area contributed by atoms with E-state index in [0.29, 0.717) is 6.54 Å². The first kappa shape index (κ1) is 10.7. The van der Waals surface area contributed by atoms with Crippen LogP contribution in [-0.4, -0.2) is 18.3 Å². The summed E-state index contributed by atoms with van der Waals surface area (Å²) in [5.74, 6) is 0. The second kappa shape index (κ2) is 4.74. The van der Waals surface area contributed by atoms with E-state index in [1.165, 1.54) is 5.56 Å². The molecule has 74 valence electrons. The molecule has 3 N–H and O–H groups in total. The fourth-order valence-corrected chi connectivity index (χ4v) is 2.07. The summed E-state index contributed by atoms with van der Waals surface area (Å²) in [6.07, 6.45) is 1.82. The molecular formula is C10H17NOS. The van der Waals surface area contributed by atoms with Crippen LogP contribution in [0.2, 0.25) is 0 Å². The Labute approximate surface area is 83.4 Å². The predicted octanol–water partition coefficient (Wildman–Crippen LogP) is 1.64. The van der Waals surface area contributed by atoms with E-state index in [0.717, 1.165) is 12.8 Å². The highest BCUT2D eigenvalue weighted by atomic mass is 32.1.